The lowest BCUT2D eigenvalue weighted by molar-refractivity contribution is -0.337. The van der Waals surface area contributed by atoms with Crippen LogP contribution in [0.1, 0.15) is 102 Å². The Morgan fingerprint density at radius 1 is 0.697 bits per heavy atom. The molecule has 5 fully saturated rings. The maximum Gasteiger partial charge on any atom is 0.202 e. The number of hydrogen-bond donors (Lipinski definition) is 11. The van der Waals surface area contributed by atoms with Crippen molar-refractivity contribution in [3.63, 3.8) is 0 Å². The van der Waals surface area contributed by atoms with Gasteiger partial charge in [0.2, 0.25) is 6.29 Å². The minimum atomic E-state index is -1.94. The van der Waals surface area contributed by atoms with Crippen LogP contribution in [0.3, 0.4) is 0 Å². The lowest BCUT2D eigenvalue weighted by Gasteiger charge is -2.46. The molecule has 2 aromatic rings. The number of ether oxygens (including phenoxy) is 11. The fourth-order valence-corrected chi connectivity index (χ4v) is 11.4. The van der Waals surface area contributed by atoms with Gasteiger partial charge in [0, 0.05) is 50.7 Å². The number of methoxy groups -OCH3 is 1. The first kappa shape index (κ1) is 58.8. The van der Waals surface area contributed by atoms with Crippen molar-refractivity contribution >= 4 is 22.3 Å². The summed E-state index contributed by atoms with van der Waals surface area (Å²) >= 11 is 0. The number of aliphatic hydroxyl groups is 9. The Morgan fingerprint density at radius 3 is 1.80 bits per heavy atom. The molecule has 5 aliphatic heterocycles. The van der Waals surface area contributed by atoms with Crippen LogP contribution >= 0.6 is 0 Å². The summed E-state index contributed by atoms with van der Waals surface area (Å²) in [5.74, 6) is -4.06. The molecular weight excluding hydrogens is 1010 g/mol. The van der Waals surface area contributed by atoms with Gasteiger partial charge in [-0.3, -0.25) is 9.59 Å². The van der Waals surface area contributed by atoms with E-state index in [-0.39, 0.29) is 71.7 Å². The average molecular weight is 1090 g/mol. The second kappa shape index (κ2) is 23.4. The number of aliphatic hydroxyl groups excluding tert-OH is 8. The molecule has 0 spiro atoms. The summed E-state index contributed by atoms with van der Waals surface area (Å²) in [5, 5.41) is 120. The van der Waals surface area contributed by atoms with Gasteiger partial charge in [0.05, 0.1) is 77.6 Å². The molecule has 5 saturated heterocycles. The van der Waals surface area contributed by atoms with Crippen LogP contribution in [0.25, 0.3) is 10.8 Å². The van der Waals surface area contributed by atoms with E-state index in [0.29, 0.717) is 0 Å². The number of benzene rings is 2. The first-order valence-electron chi connectivity index (χ1n) is 26.0. The van der Waals surface area contributed by atoms with Gasteiger partial charge in [-0.05, 0) is 84.9 Å². The van der Waals surface area contributed by atoms with Crippen molar-refractivity contribution in [3.8, 4) is 17.2 Å². The van der Waals surface area contributed by atoms with Crippen LogP contribution in [0.4, 0.5) is 0 Å². The number of rotatable bonds is 15. The quantitative estimate of drug-likeness (QED) is 0.110. The number of carbonyl (C=O) groups is 2. The van der Waals surface area contributed by atoms with Crippen molar-refractivity contribution in [1.82, 2.24) is 0 Å². The second-order valence-corrected chi connectivity index (χ2v) is 21.7. The zero-order chi connectivity index (χ0) is 55.6. The number of ketones is 2. The van der Waals surface area contributed by atoms with E-state index in [1.807, 2.05) is 0 Å². The Balaban J connectivity index is 1.02. The van der Waals surface area contributed by atoms with E-state index >= 15 is 0 Å². The van der Waals surface area contributed by atoms with E-state index in [1.165, 1.54) is 46.9 Å². The van der Waals surface area contributed by atoms with E-state index in [4.69, 9.17) is 52.1 Å². The van der Waals surface area contributed by atoms with Crippen molar-refractivity contribution in [2.45, 2.75) is 241 Å². The molecule has 1 aliphatic carbocycles. The van der Waals surface area contributed by atoms with Crippen LogP contribution in [0.15, 0.2) is 12.1 Å². The molecule has 25 atom stereocenters. The summed E-state index contributed by atoms with van der Waals surface area (Å²) in [5.41, 5.74) is -1.44. The number of aromatic hydroxyl groups is 2. The fraction of sp³-hybridized carbons (Fsp3) is 0.769. The van der Waals surface area contributed by atoms with E-state index in [2.05, 4.69) is 0 Å². The van der Waals surface area contributed by atoms with Gasteiger partial charge in [0.15, 0.2) is 36.7 Å². The molecule has 0 unspecified atom stereocenters. The lowest BCUT2D eigenvalue weighted by atomic mass is 9.75. The molecule has 24 nitrogen and oxygen atoms in total. The monoisotopic (exact) mass is 1080 g/mol. The first-order valence-corrected chi connectivity index (χ1v) is 26.0. The molecule has 5 heterocycles. The maximum absolute atomic E-state index is 15.0. The third-order valence-electron chi connectivity index (χ3n) is 15.9. The third-order valence-corrected chi connectivity index (χ3v) is 15.9. The van der Waals surface area contributed by atoms with Gasteiger partial charge in [0.1, 0.15) is 66.1 Å². The lowest BCUT2D eigenvalue weighted by Crippen LogP contribution is -2.58. The number of fused-ring (bicyclic) bond motifs is 2. The molecule has 0 amide bonds. The van der Waals surface area contributed by atoms with Crippen LogP contribution < -0.4 is 4.74 Å². The predicted molar refractivity (Wildman–Crippen MR) is 259 cm³/mol. The van der Waals surface area contributed by atoms with Crippen molar-refractivity contribution in [3.05, 3.63) is 28.8 Å². The summed E-state index contributed by atoms with van der Waals surface area (Å²) in [6.45, 7) is 12.1. The summed E-state index contributed by atoms with van der Waals surface area (Å²) in [4.78, 5) is 28.9. The molecule has 0 bridgehead atoms. The summed E-state index contributed by atoms with van der Waals surface area (Å²) in [6.07, 6.45) is -26.9. The van der Waals surface area contributed by atoms with Crippen LogP contribution in [0, 0.1) is 12.8 Å². The Morgan fingerprint density at radius 2 is 1.24 bits per heavy atom. The molecule has 2 aromatic carbocycles. The van der Waals surface area contributed by atoms with Crippen molar-refractivity contribution < 1.29 is 118 Å². The van der Waals surface area contributed by atoms with Crippen molar-refractivity contribution in [2.24, 2.45) is 5.92 Å². The summed E-state index contributed by atoms with van der Waals surface area (Å²) in [7, 11) is 1.18. The van der Waals surface area contributed by atoms with Gasteiger partial charge < -0.3 is 108 Å². The molecule has 0 radical (unpaired) electrons. The Bertz CT molecular complexity index is 2340. The number of Topliss-reactive ketones (excluding diaryl/α,β-unsaturated/α-hetero) is 2. The highest BCUT2D eigenvalue weighted by atomic mass is 16.7. The van der Waals surface area contributed by atoms with Gasteiger partial charge in [-0.15, -0.1) is 0 Å². The highest BCUT2D eigenvalue weighted by Gasteiger charge is 2.51. The topological polar surface area (TPSA) is 358 Å². The van der Waals surface area contributed by atoms with E-state index < -0.39 is 176 Å². The van der Waals surface area contributed by atoms with Crippen LogP contribution in [-0.2, 0) is 58.6 Å². The molecule has 24 heteroatoms. The minimum absolute atomic E-state index is 0.0355. The van der Waals surface area contributed by atoms with Gasteiger partial charge in [-0.1, -0.05) is 0 Å². The second-order valence-electron chi connectivity index (χ2n) is 21.7. The summed E-state index contributed by atoms with van der Waals surface area (Å²) in [6, 6.07) is 3.03. The molecule has 428 valence electrons. The number of phenolic OH excluding ortho intramolecular Hbond substituents is 2. The standard InChI is InChI=1S/C52H76O24/c1-18-30(72-35-15-31(43(59)21(4)68-35)73-33-13-28(54)42(58)20(3)67-33)12-26-10-25-11-27(49(66-9)47(63)41(57)19(2)53)50(46(62)39(25)45(61)38(26)40(18)56)75-36-16-32(44(60)22(5)69-36)74-34-14-29(55)48(23(6)70-34)76-37-17-52(8,65)51(64)24(7)71-37/h10,12,19-24,27-29,31-37,41-44,48-51,53-61,64-65H,11,13-17H2,1-9H3/t19-,20-,21-,22-,23-,24-,27+,28-,29-,31-,32-,33+,34+,35+,36+,37+,41-,42-,43-,44-,48-,49+,50+,51-,52-/m1/s1. The Hall–Kier alpha value is -3.32. The number of carbonyl (C=O) groups excluding carboxylic acids is 2. The molecular formula is C52H76O24. The zero-order valence-electron chi connectivity index (χ0n) is 44.0. The van der Waals surface area contributed by atoms with Gasteiger partial charge in [-0.25, -0.2) is 0 Å². The molecule has 76 heavy (non-hydrogen) atoms. The predicted octanol–water partition coefficient (Wildman–Crippen LogP) is -0.249. The first-order chi connectivity index (χ1) is 35.7. The number of phenols is 2. The smallest absolute Gasteiger partial charge is 0.202 e. The highest BCUT2D eigenvalue weighted by Crippen LogP contribution is 2.47. The van der Waals surface area contributed by atoms with Crippen molar-refractivity contribution in [1.29, 1.82) is 0 Å². The molecule has 0 saturated carbocycles. The Labute approximate surface area is 439 Å². The van der Waals surface area contributed by atoms with Crippen LogP contribution in [0.2, 0.25) is 0 Å². The Kier molecular flexibility index (Phi) is 18.1. The van der Waals surface area contributed by atoms with Crippen LogP contribution in [0.5, 0.6) is 17.2 Å². The largest absolute Gasteiger partial charge is 0.507 e. The van der Waals surface area contributed by atoms with E-state index in [9.17, 15) is 65.8 Å². The zero-order valence-corrected chi connectivity index (χ0v) is 44.0. The normalized spacial score (nSPS) is 42.5. The SMILES string of the molecule is CO[C@H](C(=O)[C@H](O)[C@@H](C)O)[C@@H]1Cc2cc3cc(O[C@H]4C[C@@H](O[C@H]5C[C@@H](O)[C@H](O)[C@@H](C)O5)[C@H](O)[C@@H](C)O4)c(C)c(O)c3c(O)c2C(=O)[C@H]1O[C@H]1C[C@@H](O[C@H]2C[C@@H](O)[C@H](O[C@H]3C[C@@](C)(O)[C@H](O)[C@@H](C)O3)[C@@H](C)O2)[C@H](O)[C@@H](C)O1. The average Bonchev–Trinajstić information content (AvgIpc) is 3.38. The summed E-state index contributed by atoms with van der Waals surface area (Å²) < 4.78 is 66.4. The number of hydrogen-bond acceptors (Lipinski definition) is 24. The third kappa shape index (κ3) is 11.9. The van der Waals surface area contributed by atoms with Gasteiger partial charge in [-0.2, -0.15) is 0 Å². The van der Waals surface area contributed by atoms with Crippen molar-refractivity contribution in [2.75, 3.05) is 7.11 Å². The highest BCUT2D eigenvalue weighted by molar-refractivity contribution is 6.11. The van der Waals surface area contributed by atoms with E-state index in [0.717, 1.165) is 0 Å². The maximum atomic E-state index is 15.0. The molecule has 0 aromatic heterocycles. The minimum Gasteiger partial charge on any atom is -0.507 e. The van der Waals surface area contributed by atoms with Crippen LogP contribution in [-0.4, -0.2) is 222 Å². The van der Waals surface area contributed by atoms with Gasteiger partial charge in [0.25, 0.3) is 0 Å². The van der Waals surface area contributed by atoms with Gasteiger partial charge >= 0.3 is 0 Å². The molecule has 8 rings (SSSR count). The van der Waals surface area contributed by atoms with E-state index in [1.54, 1.807) is 27.7 Å². The fourth-order valence-electron chi connectivity index (χ4n) is 11.4. The molecule has 11 N–H and O–H groups in total. The molecule has 6 aliphatic rings.